The van der Waals surface area contributed by atoms with E-state index in [0.717, 1.165) is 38.6 Å². The molecule has 0 aromatic heterocycles. The number of carbonyl (C=O) groups is 2. The maximum atomic E-state index is 12.3. The van der Waals surface area contributed by atoms with Gasteiger partial charge in [0.1, 0.15) is 6.10 Å². The molecule has 5 heteroatoms. The maximum Gasteiger partial charge on any atom is 0.508 e. The minimum absolute atomic E-state index is 0.0542. The van der Waals surface area contributed by atoms with Crippen molar-refractivity contribution in [3.8, 4) is 0 Å². The van der Waals surface area contributed by atoms with Crippen LogP contribution < -0.4 is 5.32 Å². The van der Waals surface area contributed by atoms with Crippen LogP contribution >= 0.6 is 0 Å². The molecule has 35 heavy (non-hydrogen) atoms. The molecule has 1 amide bonds. The van der Waals surface area contributed by atoms with Crippen molar-refractivity contribution in [1.82, 2.24) is 5.32 Å². The molecule has 5 nitrogen and oxygen atoms in total. The Labute approximate surface area is 217 Å². The fourth-order valence-corrected chi connectivity index (χ4v) is 4.12. The Kier molecular flexibility index (Phi) is 25.9. The Bertz CT molecular complexity index is 507. The molecule has 1 atom stereocenters. The molecule has 1 unspecified atom stereocenters. The lowest BCUT2D eigenvalue weighted by atomic mass is 10.0. The number of carbonyl (C=O) groups excluding carboxylic acids is 2. The van der Waals surface area contributed by atoms with E-state index in [2.05, 4.69) is 32.2 Å². The fourth-order valence-electron chi connectivity index (χ4n) is 4.12. The van der Waals surface area contributed by atoms with E-state index in [1.807, 2.05) is 6.08 Å². The molecule has 0 aromatic rings. The lowest BCUT2D eigenvalue weighted by Crippen LogP contribution is -2.27. The predicted octanol–water partition coefficient (Wildman–Crippen LogP) is 9.04. The Hall–Kier alpha value is -1.52. The molecule has 1 N–H and O–H groups in total. The van der Waals surface area contributed by atoms with Gasteiger partial charge in [0.15, 0.2) is 0 Å². The van der Waals surface area contributed by atoms with Crippen molar-refractivity contribution in [3.63, 3.8) is 0 Å². The number of hydrogen-bond donors (Lipinski definition) is 1. The molecule has 0 aliphatic heterocycles. The van der Waals surface area contributed by atoms with E-state index in [9.17, 15) is 9.59 Å². The number of allylic oxidation sites excluding steroid dienone is 1. The summed E-state index contributed by atoms with van der Waals surface area (Å²) in [6, 6.07) is 0. The van der Waals surface area contributed by atoms with Crippen molar-refractivity contribution >= 4 is 12.1 Å². The summed E-state index contributed by atoms with van der Waals surface area (Å²) in [5.41, 5.74) is 0. The summed E-state index contributed by atoms with van der Waals surface area (Å²) in [6.07, 6.45) is 25.3. The zero-order valence-electron chi connectivity index (χ0n) is 23.4. The third-order valence-electron chi connectivity index (χ3n) is 6.35. The van der Waals surface area contributed by atoms with Crippen molar-refractivity contribution in [2.24, 2.45) is 0 Å². The van der Waals surface area contributed by atoms with Crippen LogP contribution in [0.25, 0.3) is 0 Å². The summed E-state index contributed by atoms with van der Waals surface area (Å²) < 4.78 is 10.8. The fraction of sp³-hybridized carbons (Fsp3) is 0.867. The maximum absolute atomic E-state index is 12.3. The molecule has 0 radical (unpaired) electrons. The first-order chi connectivity index (χ1) is 17.1. The summed E-state index contributed by atoms with van der Waals surface area (Å²) in [5.74, 6) is 0.0542. The number of unbranched alkanes of at least 4 members (excludes halogenated alkanes) is 13. The van der Waals surface area contributed by atoms with Crippen LogP contribution in [-0.2, 0) is 14.3 Å². The van der Waals surface area contributed by atoms with Crippen molar-refractivity contribution in [3.05, 3.63) is 12.2 Å². The molecule has 0 aliphatic carbocycles. The van der Waals surface area contributed by atoms with E-state index in [1.165, 1.54) is 77.0 Å². The van der Waals surface area contributed by atoms with Gasteiger partial charge in [-0.1, -0.05) is 116 Å². The van der Waals surface area contributed by atoms with E-state index in [-0.39, 0.29) is 12.0 Å². The SMILES string of the molecule is CCC=CCCOC(=O)OC(CCCCCCC)CCC(=O)NCCCCCCCCCCCC. The van der Waals surface area contributed by atoms with Crippen LogP contribution in [0.15, 0.2) is 12.2 Å². The van der Waals surface area contributed by atoms with Gasteiger partial charge in [0.05, 0.1) is 6.61 Å². The second kappa shape index (κ2) is 27.1. The monoisotopic (exact) mass is 495 g/mol. The van der Waals surface area contributed by atoms with Crippen LogP contribution in [-0.4, -0.2) is 31.3 Å². The first-order valence-electron chi connectivity index (χ1n) is 14.9. The molecular weight excluding hydrogens is 438 g/mol. The van der Waals surface area contributed by atoms with Gasteiger partial charge in [-0.3, -0.25) is 4.79 Å². The summed E-state index contributed by atoms with van der Waals surface area (Å²) in [4.78, 5) is 24.4. The minimum Gasteiger partial charge on any atom is -0.434 e. The normalized spacial score (nSPS) is 12.1. The molecule has 0 fully saturated rings. The molecule has 0 spiro atoms. The van der Waals surface area contributed by atoms with Crippen molar-refractivity contribution < 1.29 is 19.1 Å². The predicted molar refractivity (Wildman–Crippen MR) is 148 cm³/mol. The summed E-state index contributed by atoms with van der Waals surface area (Å²) in [5, 5.41) is 3.04. The van der Waals surface area contributed by atoms with Crippen LogP contribution in [0.5, 0.6) is 0 Å². The Balaban J connectivity index is 4.03. The van der Waals surface area contributed by atoms with Crippen molar-refractivity contribution in [2.45, 2.75) is 155 Å². The largest absolute Gasteiger partial charge is 0.508 e. The van der Waals surface area contributed by atoms with E-state index < -0.39 is 6.16 Å². The van der Waals surface area contributed by atoms with Gasteiger partial charge >= 0.3 is 6.16 Å². The molecule has 206 valence electrons. The molecule has 0 heterocycles. The zero-order valence-corrected chi connectivity index (χ0v) is 23.4. The molecular formula is C30H57NO4. The number of hydrogen-bond acceptors (Lipinski definition) is 4. The van der Waals surface area contributed by atoms with Gasteiger partial charge < -0.3 is 14.8 Å². The van der Waals surface area contributed by atoms with Gasteiger partial charge in [-0.05, 0) is 38.5 Å². The Morgan fingerprint density at radius 3 is 1.89 bits per heavy atom. The van der Waals surface area contributed by atoms with Gasteiger partial charge in [0.2, 0.25) is 5.91 Å². The number of amides is 1. The van der Waals surface area contributed by atoms with Crippen LogP contribution in [0.3, 0.4) is 0 Å². The quantitative estimate of drug-likeness (QED) is 0.0779. The Morgan fingerprint density at radius 1 is 0.714 bits per heavy atom. The van der Waals surface area contributed by atoms with Gasteiger partial charge in [0, 0.05) is 13.0 Å². The topological polar surface area (TPSA) is 64.6 Å². The number of rotatable bonds is 25. The Morgan fingerprint density at radius 2 is 1.29 bits per heavy atom. The molecule has 0 aliphatic rings. The average Bonchev–Trinajstić information content (AvgIpc) is 2.85. The average molecular weight is 496 g/mol. The molecule has 0 saturated carbocycles. The molecule has 0 bridgehead atoms. The van der Waals surface area contributed by atoms with Crippen LogP contribution in [0, 0.1) is 0 Å². The van der Waals surface area contributed by atoms with Crippen molar-refractivity contribution in [2.75, 3.05) is 13.2 Å². The van der Waals surface area contributed by atoms with Gasteiger partial charge in [-0.2, -0.15) is 0 Å². The van der Waals surface area contributed by atoms with Gasteiger partial charge in [0.25, 0.3) is 0 Å². The first kappa shape index (κ1) is 33.5. The molecule has 0 saturated heterocycles. The summed E-state index contributed by atoms with van der Waals surface area (Å²) >= 11 is 0. The van der Waals surface area contributed by atoms with Crippen LogP contribution in [0.2, 0.25) is 0 Å². The summed E-state index contributed by atoms with van der Waals surface area (Å²) in [6.45, 7) is 7.60. The molecule has 0 aromatic carbocycles. The third-order valence-corrected chi connectivity index (χ3v) is 6.35. The smallest absolute Gasteiger partial charge is 0.434 e. The van der Waals surface area contributed by atoms with Gasteiger partial charge in [-0.15, -0.1) is 0 Å². The highest BCUT2D eigenvalue weighted by Crippen LogP contribution is 2.15. The molecule has 0 rings (SSSR count). The standard InChI is InChI=1S/C30H57NO4/c1-4-7-10-13-14-15-16-17-19-21-26-31-29(32)25-24-28(23-20-18-11-8-5-2)35-30(33)34-27-22-12-9-6-3/h9,12,28H,4-8,10-11,13-27H2,1-3H3,(H,31,32). The highest BCUT2D eigenvalue weighted by Gasteiger charge is 2.17. The lowest BCUT2D eigenvalue weighted by molar-refractivity contribution is -0.121. The van der Waals surface area contributed by atoms with Crippen LogP contribution in [0.4, 0.5) is 4.79 Å². The number of ether oxygens (including phenoxy) is 2. The second-order valence-corrected chi connectivity index (χ2v) is 9.78. The van der Waals surface area contributed by atoms with E-state index in [0.29, 0.717) is 25.9 Å². The van der Waals surface area contributed by atoms with E-state index in [4.69, 9.17) is 9.47 Å². The first-order valence-corrected chi connectivity index (χ1v) is 14.9. The van der Waals surface area contributed by atoms with E-state index in [1.54, 1.807) is 0 Å². The van der Waals surface area contributed by atoms with Gasteiger partial charge in [-0.25, -0.2) is 4.79 Å². The van der Waals surface area contributed by atoms with Crippen molar-refractivity contribution in [1.29, 1.82) is 0 Å². The lowest BCUT2D eigenvalue weighted by Gasteiger charge is -2.17. The second-order valence-electron chi connectivity index (χ2n) is 9.78. The number of nitrogens with one attached hydrogen (secondary N) is 1. The highest BCUT2D eigenvalue weighted by atomic mass is 16.7. The third kappa shape index (κ3) is 25.4. The summed E-state index contributed by atoms with van der Waals surface area (Å²) in [7, 11) is 0. The zero-order chi connectivity index (χ0) is 25.8. The van der Waals surface area contributed by atoms with Crippen LogP contribution in [0.1, 0.15) is 149 Å². The minimum atomic E-state index is -0.612. The highest BCUT2D eigenvalue weighted by molar-refractivity contribution is 5.75. The van der Waals surface area contributed by atoms with E-state index >= 15 is 0 Å².